The zero-order valence-corrected chi connectivity index (χ0v) is 10.5. The molecule has 2 aromatic rings. The maximum absolute atomic E-state index is 11.9. The smallest absolute Gasteiger partial charge is 0.268 e. The molecule has 0 radical (unpaired) electrons. The summed E-state index contributed by atoms with van der Waals surface area (Å²) < 4.78 is 1.51. The van der Waals surface area contributed by atoms with Gasteiger partial charge >= 0.3 is 0 Å². The Morgan fingerprint density at radius 3 is 2.39 bits per heavy atom. The average Bonchev–Trinajstić information content (AvgIpc) is 2.42. The molecule has 0 amide bonds. The molecule has 90 valence electrons. The van der Waals surface area contributed by atoms with Crippen molar-refractivity contribution in [2.45, 2.75) is 13.3 Å². The van der Waals surface area contributed by atoms with Crippen LogP contribution < -0.4 is 5.56 Å². The summed E-state index contributed by atoms with van der Waals surface area (Å²) >= 11 is 0. The summed E-state index contributed by atoms with van der Waals surface area (Å²) in [4.78, 5) is 11.9. The quantitative estimate of drug-likeness (QED) is 0.806. The molecule has 0 atom stereocenters. The van der Waals surface area contributed by atoms with Crippen molar-refractivity contribution < 1.29 is 0 Å². The first-order chi connectivity index (χ1) is 8.67. The number of aromatic nitrogens is 1. The highest BCUT2D eigenvalue weighted by atomic mass is 16.1. The second kappa shape index (κ2) is 4.89. The third kappa shape index (κ3) is 2.05. The van der Waals surface area contributed by atoms with Gasteiger partial charge in [0.05, 0.1) is 5.69 Å². The van der Waals surface area contributed by atoms with E-state index in [1.165, 1.54) is 10.1 Å². The number of hydrogen-bond acceptors (Lipinski definition) is 2. The van der Waals surface area contributed by atoms with Crippen molar-refractivity contribution >= 4 is 0 Å². The summed E-state index contributed by atoms with van der Waals surface area (Å²) in [5, 5.41) is 8.81. The van der Waals surface area contributed by atoms with Gasteiger partial charge in [0.15, 0.2) is 0 Å². The highest BCUT2D eigenvalue weighted by molar-refractivity contribution is 5.60. The van der Waals surface area contributed by atoms with Gasteiger partial charge in [-0.1, -0.05) is 31.2 Å². The molecule has 0 saturated heterocycles. The van der Waals surface area contributed by atoms with Crippen LogP contribution >= 0.6 is 0 Å². The van der Waals surface area contributed by atoms with Crippen molar-refractivity contribution in [2.24, 2.45) is 7.05 Å². The highest BCUT2D eigenvalue weighted by Gasteiger charge is 2.06. The third-order valence-electron chi connectivity index (χ3n) is 3.08. The van der Waals surface area contributed by atoms with E-state index < -0.39 is 0 Å². The first-order valence-electron chi connectivity index (χ1n) is 5.86. The molecule has 3 nitrogen and oxygen atoms in total. The van der Waals surface area contributed by atoms with Gasteiger partial charge in [-0.25, -0.2) is 0 Å². The van der Waals surface area contributed by atoms with E-state index in [2.05, 4.69) is 19.1 Å². The van der Waals surface area contributed by atoms with E-state index in [-0.39, 0.29) is 11.1 Å². The lowest BCUT2D eigenvalue weighted by Gasteiger charge is -2.09. The lowest BCUT2D eigenvalue weighted by atomic mass is 10.1. The molecule has 0 fully saturated rings. The molecular weight excluding hydrogens is 224 g/mol. The van der Waals surface area contributed by atoms with E-state index in [1.807, 2.05) is 18.2 Å². The fourth-order valence-corrected chi connectivity index (χ4v) is 1.92. The van der Waals surface area contributed by atoms with Gasteiger partial charge in [-0.15, -0.1) is 0 Å². The van der Waals surface area contributed by atoms with Crippen LogP contribution in [0.15, 0.2) is 41.2 Å². The van der Waals surface area contributed by atoms with E-state index in [9.17, 15) is 4.79 Å². The lowest BCUT2D eigenvalue weighted by Crippen LogP contribution is -2.20. The van der Waals surface area contributed by atoms with Gasteiger partial charge in [-0.3, -0.25) is 4.79 Å². The molecule has 0 aliphatic heterocycles. The van der Waals surface area contributed by atoms with E-state index >= 15 is 0 Å². The SMILES string of the molecule is CCc1ccc(-c2ccc(C#N)c(=O)n2C)cc1. The summed E-state index contributed by atoms with van der Waals surface area (Å²) in [6.45, 7) is 2.10. The van der Waals surface area contributed by atoms with Crippen molar-refractivity contribution in [3.63, 3.8) is 0 Å². The Morgan fingerprint density at radius 1 is 1.17 bits per heavy atom. The van der Waals surface area contributed by atoms with Gasteiger partial charge in [-0.05, 0) is 29.7 Å². The van der Waals surface area contributed by atoms with Gasteiger partial charge in [0.1, 0.15) is 11.6 Å². The number of aryl methyl sites for hydroxylation is 1. The minimum atomic E-state index is -0.255. The standard InChI is InChI=1S/C15H14N2O/c1-3-11-4-6-12(7-5-11)14-9-8-13(10-16)15(18)17(14)2/h4-9H,3H2,1-2H3. The Balaban J connectivity index is 2.55. The van der Waals surface area contributed by atoms with Crippen LogP contribution in [0, 0.1) is 11.3 Å². The first-order valence-corrected chi connectivity index (χ1v) is 5.86. The maximum Gasteiger partial charge on any atom is 0.268 e. The minimum Gasteiger partial charge on any atom is -0.310 e. The fourth-order valence-electron chi connectivity index (χ4n) is 1.92. The zero-order chi connectivity index (χ0) is 13.1. The van der Waals surface area contributed by atoms with Crippen LogP contribution in [0.5, 0.6) is 0 Å². The molecule has 1 aromatic carbocycles. The number of nitriles is 1. The largest absolute Gasteiger partial charge is 0.310 e. The van der Waals surface area contributed by atoms with Gasteiger partial charge in [0.2, 0.25) is 0 Å². The molecule has 0 unspecified atom stereocenters. The summed E-state index contributed by atoms with van der Waals surface area (Å²) in [6, 6.07) is 13.4. The molecule has 0 aliphatic rings. The third-order valence-corrected chi connectivity index (χ3v) is 3.08. The second-order valence-corrected chi connectivity index (χ2v) is 4.16. The van der Waals surface area contributed by atoms with Crippen molar-refractivity contribution in [3.8, 4) is 17.3 Å². The predicted molar refractivity (Wildman–Crippen MR) is 71.2 cm³/mol. The van der Waals surface area contributed by atoms with Crippen LogP contribution in [0.2, 0.25) is 0 Å². The van der Waals surface area contributed by atoms with Gasteiger partial charge in [-0.2, -0.15) is 5.26 Å². The van der Waals surface area contributed by atoms with Crippen molar-refractivity contribution in [2.75, 3.05) is 0 Å². The topological polar surface area (TPSA) is 45.8 Å². The zero-order valence-electron chi connectivity index (χ0n) is 10.5. The molecule has 1 aromatic heterocycles. The molecular formula is C15H14N2O. The van der Waals surface area contributed by atoms with Crippen LogP contribution in [0.1, 0.15) is 18.1 Å². The molecule has 2 rings (SSSR count). The Bertz CT molecular complexity index is 660. The van der Waals surface area contributed by atoms with Crippen molar-refractivity contribution in [1.82, 2.24) is 4.57 Å². The molecule has 3 heteroatoms. The van der Waals surface area contributed by atoms with E-state index in [0.717, 1.165) is 17.7 Å². The van der Waals surface area contributed by atoms with Crippen molar-refractivity contribution in [1.29, 1.82) is 5.26 Å². The Kier molecular flexibility index (Phi) is 3.29. The van der Waals surface area contributed by atoms with Gasteiger partial charge < -0.3 is 4.57 Å². The number of benzene rings is 1. The fraction of sp³-hybridized carbons (Fsp3) is 0.200. The number of nitrogens with zero attached hydrogens (tertiary/aromatic N) is 2. The second-order valence-electron chi connectivity index (χ2n) is 4.16. The molecule has 0 spiro atoms. The van der Waals surface area contributed by atoms with Gasteiger partial charge in [0, 0.05) is 7.05 Å². The summed E-state index contributed by atoms with van der Waals surface area (Å²) in [5.74, 6) is 0. The summed E-state index contributed by atoms with van der Waals surface area (Å²) in [7, 11) is 1.69. The summed E-state index contributed by atoms with van der Waals surface area (Å²) in [5.41, 5.74) is 2.98. The van der Waals surface area contributed by atoms with Crippen LogP contribution in [0.25, 0.3) is 11.3 Å². The predicted octanol–water partition coefficient (Wildman–Crippen LogP) is 2.49. The molecule has 18 heavy (non-hydrogen) atoms. The molecule has 1 heterocycles. The van der Waals surface area contributed by atoms with Gasteiger partial charge in [0.25, 0.3) is 5.56 Å². The number of pyridine rings is 1. The Hall–Kier alpha value is -2.34. The van der Waals surface area contributed by atoms with Crippen LogP contribution in [0.4, 0.5) is 0 Å². The van der Waals surface area contributed by atoms with Crippen LogP contribution in [0.3, 0.4) is 0 Å². The number of hydrogen-bond donors (Lipinski definition) is 0. The normalized spacial score (nSPS) is 10.1. The molecule has 0 aliphatic carbocycles. The average molecular weight is 238 g/mol. The lowest BCUT2D eigenvalue weighted by molar-refractivity contribution is 0.865. The van der Waals surface area contributed by atoms with Crippen LogP contribution in [-0.4, -0.2) is 4.57 Å². The Labute approximate surface area is 106 Å². The molecule has 0 N–H and O–H groups in total. The van der Waals surface area contributed by atoms with Crippen LogP contribution in [-0.2, 0) is 13.5 Å². The number of rotatable bonds is 2. The Morgan fingerprint density at radius 2 is 1.83 bits per heavy atom. The molecule has 0 saturated carbocycles. The first kappa shape index (κ1) is 12.1. The summed E-state index contributed by atoms with van der Waals surface area (Å²) in [6.07, 6.45) is 0.993. The monoisotopic (exact) mass is 238 g/mol. The van der Waals surface area contributed by atoms with E-state index in [0.29, 0.717) is 0 Å². The van der Waals surface area contributed by atoms with E-state index in [4.69, 9.17) is 5.26 Å². The molecule has 0 bridgehead atoms. The minimum absolute atomic E-state index is 0.173. The van der Waals surface area contributed by atoms with Crippen molar-refractivity contribution in [3.05, 3.63) is 57.9 Å². The highest BCUT2D eigenvalue weighted by Crippen LogP contribution is 2.18. The van der Waals surface area contributed by atoms with E-state index in [1.54, 1.807) is 19.2 Å². The maximum atomic E-state index is 11.9.